The molecule has 0 spiro atoms. The van der Waals surface area contributed by atoms with Gasteiger partial charge in [-0.25, -0.2) is 14.2 Å². The maximum Gasteiger partial charge on any atom is 0.343 e. The van der Waals surface area contributed by atoms with Crippen LogP contribution < -0.4 is 33.0 Å². The van der Waals surface area contributed by atoms with Crippen molar-refractivity contribution in [2.75, 3.05) is 45.8 Å². The van der Waals surface area contributed by atoms with Crippen LogP contribution in [0, 0.1) is 12.7 Å². The minimum absolute atomic E-state index is 0.000741. The van der Waals surface area contributed by atoms with Crippen LogP contribution in [0.2, 0.25) is 0 Å². The van der Waals surface area contributed by atoms with E-state index in [1.807, 2.05) is 0 Å². The topological polar surface area (TPSA) is 299 Å². The van der Waals surface area contributed by atoms with Crippen molar-refractivity contribution in [1.29, 1.82) is 0 Å². The fraction of sp³-hybridized carbons (Fsp3) is 0.413. The molecule has 0 saturated heterocycles. The number of carbonyl (C=O) groups excluding carboxylic acids is 6. The first kappa shape index (κ1) is 47.9. The second kappa shape index (κ2) is 19.8. The number of cyclic esters (lactones) is 1. The molecule has 67 heavy (non-hydrogen) atoms. The van der Waals surface area contributed by atoms with E-state index in [0.29, 0.717) is 62.9 Å². The molecule has 7 rings (SSSR count). The minimum Gasteiger partial charge on any atom is -0.480 e. The van der Waals surface area contributed by atoms with Gasteiger partial charge < -0.3 is 51.8 Å². The summed E-state index contributed by atoms with van der Waals surface area (Å²) >= 11 is 0. The number of carbonyl (C=O) groups is 7. The van der Waals surface area contributed by atoms with Crippen molar-refractivity contribution in [2.24, 2.45) is 11.5 Å². The molecule has 0 bridgehead atoms. The van der Waals surface area contributed by atoms with Crippen LogP contribution >= 0.6 is 0 Å². The summed E-state index contributed by atoms with van der Waals surface area (Å²) in [6.45, 7) is 0.548. The SMILES string of the molecule is CC[C@@]1(O)C(=O)OCc2c1cc1n(c2=O)Cc2c-1nc1cc(F)c(C)c3c1c2[C@@H](NC(=O)CCN(CCN(CC(N)=O)C(=O)[C@H](Cc1ccccc1)NC(=O)CNC(=O)CN)CC(=O)O)CC3. The first-order chi connectivity index (χ1) is 31.9. The number of aliphatic hydroxyl groups is 1. The van der Waals surface area contributed by atoms with Crippen LogP contribution in [0.1, 0.15) is 71.2 Å². The maximum atomic E-state index is 15.4. The van der Waals surface area contributed by atoms with Crippen molar-refractivity contribution in [3.63, 3.8) is 0 Å². The summed E-state index contributed by atoms with van der Waals surface area (Å²) in [5.41, 5.74) is 12.5. The van der Waals surface area contributed by atoms with E-state index in [1.165, 1.54) is 15.5 Å². The van der Waals surface area contributed by atoms with E-state index in [4.69, 9.17) is 21.2 Å². The number of carboxylic acid groups (broad SMARTS) is 1. The standard InChI is InChI=1S/C46H52FN9O11/c1-3-46(66)29-16-34-42-27(20-56(34)43(63)28(29)23-67-45(46)65)41-31(10-9-26-24(2)30(47)17-32(53-42)40(26)41)51-36(58)11-12-54(22-39(61)62)13-14-55(21-35(49)57)44(64)33(15-25-7-5-4-6-8-25)52-38(60)19-50-37(59)18-48/h4-8,16-17,31,33,66H,3,9-15,18-23,48H2,1-2H3,(H2,49,57)(H,50,59)(H,51,58)(H,52,60)(H,61,62)/t31-,33-,46-/m0/s1. The number of nitrogens with zero attached hydrogens (tertiary/aromatic N) is 4. The number of benzene rings is 2. The third-order valence-corrected chi connectivity index (χ3v) is 12.6. The molecule has 4 aromatic rings. The zero-order chi connectivity index (χ0) is 48.3. The molecule has 3 atom stereocenters. The lowest BCUT2D eigenvalue weighted by Gasteiger charge is -2.31. The molecule has 2 aromatic carbocycles. The molecule has 4 heterocycles. The van der Waals surface area contributed by atoms with Crippen molar-refractivity contribution >= 4 is 52.4 Å². The molecular weight excluding hydrogens is 874 g/mol. The lowest BCUT2D eigenvalue weighted by molar-refractivity contribution is -0.172. The fourth-order valence-electron chi connectivity index (χ4n) is 9.17. The normalized spacial score (nSPS) is 17.2. The molecule has 3 aliphatic rings. The highest BCUT2D eigenvalue weighted by Crippen LogP contribution is 2.46. The smallest absolute Gasteiger partial charge is 0.343 e. The maximum absolute atomic E-state index is 15.4. The number of nitrogens with one attached hydrogen (secondary N) is 3. The van der Waals surface area contributed by atoms with Crippen molar-refractivity contribution in [2.45, 2.75) is 76.8 Å². The summed E-state index contributed by atoms with van der Waals surface area (Å²) in [5, 5.41) is 29.9. The quantitative estimate of drug-likeness (QED) is 0.0516. The van der Waals surface area contributed by atoms with E-state index in [-0.39, 0.29) is 69.7 Å². The summed E-state index contributed by atoms with van der Waals surface area (Å²) in [7, 11) is 0. The number of aromatic nitrogens is 2. The van der Waals surface area contributed by atoms with Gasteiger partial charge in [0.15, 0.2) is 5.60 Å². The Morgan fingerprint density at radius 2 is 1.76 bits per heavy atom. The van der Waals surface area contributed by atoms with Gasteiger partial charge in [-0.05, 0) is 54.5 Å². The molecule has 0 fully saturated rings. The van der Waals surface area contributed by atoms with Crippen LogP contribution in [-0.4, -0.2) is 123 Å². The highest BCUT2D eigenvalue weighted by molar-refractivity contribution is 5.95. The van der Waals surface area contributed by atoms with Crippen LogP contribution in [0.3, 0.4) is 0 Å². The number of aryl methyl sites for hydroxylation is 1. The van der Waals surface area contributed by atoms with Gasteiger partial charge in [-0.15, -0.1) is 0 Å². The number of esters is 1. The Kier molecular flexibility index (Phi) is 14.1. The Hall–Kier alpha value is -7.10. The molecule has 1 aliphatic carbocycles. The number of halogens is 1. The zero-order valence-corrected chi connectivity index (χ0v) is 37.0. The summed E-state index contributed by atoms with van der Waals surface area (Å²) < 4.78 is 22.1. The van der Waals surface area contributed by atoms with Crippen LogP contribution in [0.4, 0.5) is 4.39 Å². The minimum atomic E-state index is -2.07. The first-order valence-electron chi connectivity index (χ1n) is 21.9. The Bertz CT molecular complexity index is 2750. The molecule has 0 unspecified atom stereocenters. The average Bonchev–Trinajstić information content (AvgIpc) is 3.67. The Labute approximate surface area is 382 Å². The molecule has 2 aromatic heterocycles. The van der Waals surface area contributed by atoms with Gasteiger partial charge >= 0.3 is 11.9 Å². The van der Waals surface area contributed by atoms with E-state index < -0.39 is 90.2 Å². The van der Waals surface area contributed by atoms with Crippen LogP contribution in [0.15, 0.2) is 47.3 Å². The number of hydrogen-bond acceptors (Lipinski definition) is 13. The second-order valence-electron chi connectivity index (χ2n) is 16.9. The van der Waals surface area contributed by atoms with E-state index in [2.05, 4.69) is 16.0 Å². The van der Waals surface area contributed by atoms with Crippen molar-refractivity contribution < 1.29 is 52.9 Å². The van der Waals surface area contributed by atoms with Gasteiger partial charge in [-0.2, -0.15) is 0 Å². The average molecular weight is 926 g/mol. The fourth-order valence-corrected chi connectivity index (χ4v) is 9.17. The number of hydrogen-bond donors (Lipinski definition) is 7. The number of pyridine rings is 2. The van der Waals surface area contributed by atoms with E-state index in [9.17, 15) is 48.6 Å². The van der Waals surface area contributed by atoms with E-state index in [0.717, 1.165) is 4.90 Å². The highest BCUT2D eigenvalue weighted by Gasteiger charge is 2.46. The van der Waals surface area contributed by atoms with E-state index in [1.54, 1.807) is 50.2 Å². The molecule has 20 nitrogen and oxygen atoms in total. The molecule has 0 radical (unpaired) electrons. The van der Waals surface area contributed by atoms with Crippen molar-refractivity contribution in [1.82, 2.24) is 35.3 Å². The van der Waals surface area contributed by atoms with Gasteiger partial charge in [-0.3, -0.25) is 38.5 Å². The third kappa shape index (κ3) is 9.88. The van der Waals surface area contributed by atoms with E-state index >= 15 is 4.39 Å². The molecule has 21 heteroatoms. The number of rotatable bonds is 19. The van der Waals surface area contributed by atoms with Gasteiger partial charge in [-0.1, -0.05) is 37.3 Å². The number of aliphatic carboxylic acids is 1. The van der Waals surface area contributed by atoms with Gasteiger partial charge in [0.25, 0.3) is 5.56 Å². The van der Waals surface area contributed by atoms with Crippen LogP contribution in [0.25, 0.3) is 22.3 Å². The highest BCUT2D eigenvalue weighted by atomic mass is 19.1. The monoisotopic (exact) mass is 925 g/mol. The Balaban J connectivity index is 1.11. The largest absolute Gasteiger partial charge is 0.480 e. The van der Waals surface area contributed by atoms with Gasteiger partial charge in [0.1, 0.15) is 18.5 Å². The summed E-state index contributed by atoms with van der Waals surface area (Å²) in [5.74, 6) is -5.93. The Morgan fingerprint density at radius 1 is 1.01 bits per heavy atom. The molecule has 5 amide bonds. The van der Waals surface area contributed by atoms with Crippen molar-refractivity contribution in [3.05, 3.63) is 97.6 Å². The lowest BCUT2D eigenvalue weighted by Crippen LogP contribution is -2.54. The van der Waals surface area contributed by atoms with Gasteiger partial charge in [0.2, 0.25) is 29.5 Å². The summed E-state index contributed by atoms with van der Waals surface area (Å²) in [6, 6.07) is 9.69. The predicted molar refractivity (Wildman–Crippen MR) is 237 cm³/mol. The number of nitrogens with two attached hydrogens (primary N) is 2. The number of amides is 5. The number of fused-ring (bicyclic) bond motifs is 5. The molecule has 0 saturated carbocycles. The zero-order valence-electron chi connectivity index (χ0n) is 37.0. The van der Waals surface area contributed by atoms with Gasteiger partial charge in [0.05, 0.1) is 61.2 Å². The summed E-state index contributed by atoms with van der Waals surface area (Å²) in [4.78, 5) is 111. The molecule has 354 valence electrons. The lowest BCUT2D eigenvalue weighted by atomic mass is 9.81. The van der Waals surface area contributed by atoms with Gasteiger partial charge in [0, 0.05) is 55.1 Å². The summed E-state index contributed by atoms with van der Waals surface area (Å²) in [6.07, 6.45) is 0.453. The first-order valence-corrected chi connectivity index (χ1v) is 21.9. The third-order valence-electron chi connectivity index (χ3n) is 12.6. The Morgan fingerprint density at radius 3 is 2.45 bits per heavy atom. The second-order valence-corrected chi connectivity index (χ2v) is 16.9. The van der Waals surface area contributed by atoms with Crippen molar-refractivity contribution in [3.8, 4) is 11.4 Å². The number of primary amides is 1. The van der Waals surface area contributed by atoms with Crippen LogP contribution in [0.5, 0.6) is 0 Å². The predicted octanol–water partition coefficient (Wildman–Crippen LogP) is -0.476. The molecular formula is C46H52FN9O11. The molecule has 2 aliphatic heterocycles. The molecule has 9 N–H and O–H groups in total. The number of carboxylic acids is 1. The van der Waals surface area contributed by atoms with Crippen LogP contribution in [-0.2, 0) is 69.9 Å². The number of ether oxygens (including phenoxy) is 1.